The van der Waals surface area contributed by atoms with E-state index >= 15 is 0 Å². The number of benzene rings is 2. The van der Waals surface area contributed by atoms with Crippen molar-refractivity contribution in [2.24, 2.45) is 0 Å². The van der Waals surface area contributed by atoms with Crippen molar-refractivity contribution in [1.29, 1.82) is 0 Å². The highest BCUT2D eigenvalue weighted by atomic mass is 35.5. The number of anilines is 2. The van der Waals surface area contributed by atoms with Gasteiger partial charge >= 0.3 is 0 Å². The number of rotatable bonds is 3. The van der Waals surface area contributed by atoms with Crippen LogP contribution in [-0.4, -0.2) is 19.4 Å². The van der Waals surface area contributed by atoms with Crippen LogP contribution in [0, 0.1) is 0 Å². The molecule has 1 aliphatic rings. The molecular formula is C18H14Cl2N2O2S2. The van der Waals surface area contributed by atoms with Crippen molar-refractivity contribution in [1.82, 2.24) is 4.98 Å². The van der Waals surface area contributed by atoms with Crippen molar-refractivity contribution in [2.45, 2.75) is 29.3 Å². The molecule has 2 heterocycles. The summed E-state index contributed by atoms with van der Waals surface area (Å²) in [5.41, 5.74) is 2.26. The molecular weight excluding hydrogens is 411 g/mol. The molecule has 8 heteroatoms. The molecule has 1 aromatic heterocycles. The van der Waals surface area contributed by atoms with Crippen LogP contribution in [0.1, 0.15) is 12.5 Å². The molecule has 1 atom stereocenters. The van der Waals surface area contributed by atoms with Gasteiger partial charge in [-0.15, -0.1) is 0 Å². The number of hydrogen-bond donors (Lipinski definition) is 0. The number of nitrogens with zero attached hydrogens (tertiary/aromatic N) is 2. The first-order valence-electron chi connectivity index (χ1n) is 7.92. The Bertz CT molecular complexity index is 1080. The van der Waals surface area contributed by atoms with E-state index in [-0.39, 0.29) is 20.3 Å². The van der Waals surface area contributed by atoms with Gasteiger partial charge in [-0.2, -0.15) is 0 Å². The average Bonchev–Trinajstić information content (AvgIpc) is 3.14. The van der Waals surface area contributed by atoms with Gasteiger partial charge < -0.3 is 4.90 Å². The van der Waals surface area contributed by atoms with Gasteiger partial charge in [0, 0.05) is 16.8 Å². The molecule has 0 N–H and O–H groups in total. The molecule has 1 unspecified atom stereocenters. The molecule has 3 aromatic rings. The van der Waals surface area contributed by atoms with Crippen molar-refractivity contribution in [3.05, 3.63) is 63.5 Å². The summed E-state index contributed by atoms with van der Waals surface area (Å²) < 4.78 is 26.0. The van der Waals surface area contributed by atoms with Gasteiger partial charge in [0.05, 0.1) is 4.90 Å². The zero-order chi connectivity index (χ0) is 18.5. The van der Waals surface area contributed by atoms with Crippen LogP contribution in [0.4, 0.5) is 10.8 Å². The van der Waals surface area contributed by atoms with Gasteiger partial charge in [-0.05, 0) is 49.2 Å². The normalized spacial score (nSPS) is 16.7. The minimum atomic E-state index is -3.81. The molecule has 2 aromatic carbocycles. The van der Waals surface area contributed by atoms with E-state index in [1.165, 1.54) is 41.2 Å². The fourth-order valence-corrected chi connectivity index (χ4v) is 6.26. The molecule has 4 nitrogen and oxygen atoms in total. The lowest BCUT2D eigenvalue weighted by Crippen LogP contribution is -2.23. The van der Waals surface area contributed by atoms with Crippen LogP contribution in [0.15, 0.2) is 58.5 Å². The highest BCUT2D eigenvalue weighted by Gasteiger charge is 2.32. The highest BCUT2D eigenvalue weighted by Crippen LogP contribution is 2.43. The third-order valence-electron chi connectivity index (χ3n) is 4.34. The zero-order valence-corrected chi connectivity index (χ0v) is 16.8. The van der Waals surface area contributed by atoms with E-state index in [1.54, 1.807) is 0 Å². The smallest absolute Gasteiger partial charge is 0.226 e. The zero-order valence-electron chi connectivity index (χ0n) is 13.7. The summed E-state index contributed by atoms with van der Waals surface area (Å²) in [6.07, 6.45) is 0.882. The Labute approximate surface area is 165 Å². The lowest BCUT2D eigenvalue weighted by molar-refractivity contribution is 0.593. The summed E-state index contributed by atoms with van der Waals surface area (Å²) in [4.78, 5) is 6.57. The van der Waals surface area contributed by atoms with Crippen LogP contribution in [0.2, 0.25) is 9.36 Å². The van der Waals surface area contributed by atoms with Gasteiger partial charge in [0.25, 0.3) is 0 Å². The first kappa shape index (κ1) is 17.8. The van der Waals surface area contributed by atoms with E-state index in [9.17, 15) is 8.42 Å². The summed E-state index contributed by atoms with van der Waals surface area (Å²) in [5.74, 6) is 0. The Morgan fingerprint density at radius 2 is 1.81 bits per heavy atom. The van der Waals surface area contributed by atoms with Crippen molar-refractivity contribution < 1.29 is 8.42 Å². The standard InChI is InChI=1S/C18H14Cl2N2O2S2/c1-11-10-12-4-2-3-5-15(12)22(11)18-21-17(16(20)25-18)26(23,24)14-8-6-13(19)7-9-14/h2-9,11H,10H2,1H3. The summed E-state index contributed by atoms with van der Waals surface area (Å²) in [7, 11) is -3.81. The van der Waals surface area contributed by atoms with Gasteiger partial charge in [0.15, 0.2) is 10.2 Å². The lowest BCUT2D eigenvalue weighted by Gasteiger charge is -2.21. The monoisotopic (exact) mass is 424 g/mol. The number of hydrogen-bond acceptors (Lipinski definition) is 5. The van der Waals surface area contributed by atoms with E-state index < -0.39 is 9.84 Å². The Morgan fingerprint density at radius 3 is 2.54 bits per heavy atom. The van der Waals surface area contributed by atoms with Crippen LogP contribution >= 0.6 is 34.5 Å². The summed E-state index contributed by atoms with van der Waals surface area (Å²) in [5, 5.41) is 0.939. The minimum absolute atomic E-state index is 0.113. The third-order valence-corrected chi connectivity index (χ3v) is 7.78. The molecule has 0 bridgehead atoms. The summed E-state index contributed by atoms with van der Waals surface area (Å²) in [6, 6.07) is 14.2. The number of halogens is 2. The maximum atomic E-state index is 12.9. The van der Waals surface area contributed by atoms with E-state index in [0.29, 0.717) is 10.2 Å². The molecule has 4 rings (SSSR count). The molecule has 0 saturated heterocycles. The predicted molar refractivity (Wildman–Crippen MR) is 106 cm³/mol. The third kappa shape index (κ3) is 2.91. The highest BCUT2D eigenvalue weighted by molar-refractivity contribution is 7.91. The Hall–Kier alpha value is -1.60. The summed E-state index contributed by atoms with van der Waals surface area (Å²) >= 11 is 13.3. The van der Waals surface area contributed by atoms with Crippen molar-refractivity contribution in [3.63, 3.8) is 0 Å². The molecule has 0 radical (unpaired) electrons. The van der Waals surface area contributed by atoms with Gasteiger partial charge in [-0.1, -0.05) is 52.7 Å². The molecule has 0 fully saturated rings. The van der Waals surface area contributed by atoms with E-state index in [4.69, 9.17) is 23.2 Å². The molecule has 0 saturated carbocycles. The van der Waals surface area contributed by atoms with E-state index in [0.717, 1.165) is 12.1 Å². The average molecular weight is 425 g/mol. The van der Waals surface area contributed by atoms with Crippen LogP contribution in [0.3, 0.4) is 0 Å². The molecule has 134 valence electrons. The second-order valence-corrected chi connectivity index (χ2v) is 9.97. The fourth-order valence-electron chi connectivity index (χ4n) is 3.13. The SMILES string of the molecule is CC1Cc2ccccc2N1c1nc(S(=O)(=O)c2ccc(Cl)cc2)c(Cl)s1. The Kier molecular flexibility index (Phi) is 4.47. The number of thiazole rings is 1. The van der Waals surface area contributed by atoms with Gasteiger partial charge in [-0.3, -0.25) is 0 Å². The lowest BCUT2D eigenvalue weighted by atomic mass is 10.1. The molecule has 0 aliphatic carbocycles. The second kappa shape index (κ2) is 6.53. The first-order valence-corrected chi connectivity index (χ1v) is 11.0. The van der Waals surface area contributed by atoms with Crippen molar-refractivity contribution in [3.8, 4) is 0 Å². The predicted octanol–water partition coefficient (Wildman–Crippen LogP) is 5.37. The summed E-state index contributed by atoms with van der Waals surface area (Å²) in [6.45, 7) is 2.09. The first-order chi connectivity index (χ1) is 12.4. The van der Waals surface area contributed by atoms with Crippen LogP contribution in [0.5, 0.6) is 0 Å². The van der Waals surface area contributed by atoms with Crippen LogP contribution in [0.25, 0.3) is 0 Å². The number of para-hydroxylation sites is 1. The molecule has 1 aliphatic heterocycles. The maximum absolute atomic E-state index is 12.9. The Balaban J connectivity index is 1.78. The van der Waals surface area contributed by atoms with Gasteiger partial charge in [-0.25, -0.2) is 13.4 Å². The van der Waals surface area contributed by atoms with Crippen LogP contribution < -0.4 is 4.90 Å². The number of aromatic nitrogens is 1. The van der Waals surface area contributed by atoms with E-state index in [1.807, 2.05) is 23.1 Å². The fraction of sp³-hybridized carbons (Fsp3) is 0.167. The second-order valence-electron chi connectivity index (χ2n) is 6.08. The molecule has 26 heavy (non-hydrogen) atoms. The minimum Gasteiger partial charge on any atom is -0.314 e. The maximum Gasteiger partial charge on any atom is 0.226 e. The van der Waals surface area contributed by atoms with Gasteiger partial charge in [0.2, 0.25) is 9.84 Å². The molecule has 0 spiro atoms. The quantitative estimate of drug-likeness (QED) is 0.567. The van der Waals surface area contributed by atoms with E-state index in [2.05, 4.69) is 18.0 Å². The largest absolute Gasteiger partial charge is 0.314 e. The number of sulfone groups is 1. The van der Waals surface area contributed by atoms with Gasteiger partial charge in [0.1, 0.15) is 4.34 Å². The number of fused-ring (bicyclic) bond motifs is 1. The van der Waals surface area contributed by atoms with Crippen molar-refractivity contribution >= 4 is 55.2 Å². The Morgan fingerprint density at radius 1 is 1.12 bits per heavy atom. The van der Waals surface area contributed by atoms with Crippen molar-refractivity contribution in [2.75, 3.05) is 4.90 Å². The topological polar surface area (TPSA) is 50.3 Å². The molecule has 0 amide bonds. The van der Waals surface area contributed by atoms with Crippen LogP contribution in [-0.2, 0) is 16.3 Å².